The Kier molecular flexibility index (Phi) is 1.64. The molecule has 0 N–H and O–H groups in total. The van der Waals surface area contributed by atoms with Crippen molar-refractivity contribution in [3.8, 4) is 0 Å². The summed E-state index contributed by atoms with van der Waals surface area (Å²) in [5.74, 6) is 3.59. The van der Waals surface area contributed by atoms with E-state index in [9.17, 15) is 9.59 Å². The van der Waals surface area contributed by atoms with Gasteiger partial charge in [-0.15, -0.1) is 0 Å². The molecule has 0 atom stereocenters. The number of carbonyl (C=O) groups excluding carboxylic acids is 2. The molecule has 46 valence electrons. The first-order valence-electron chi connectivity index (χ1n) is 2.82. The Morgan fingerprint density at radius 2 is 1.44 bits per heavy atom. The van der Waals surface area contributed by atoms with E-state index in [0.717, 1.165) is 0 Å². The Hall–Kier alpha value is -1.10. The molecule has 1 aliphatic rings. The molecular weight excluding hydrogens is 116 g/mol. The second-order valence-electron chi connectivity index (χ2n) is 2.09. The van der Waals surface area contributed by atoms with Crippen molar-refractivity contribution >= 4 is 11.9 Å². The van der Waals surface area contributed by atoms with Crippen molar-refractivity contribution in [1.82, 2.24) is 0 Å². The molecule has 9 heavy (non-hydrogen) atoms. The summed E-state index contributed by atoms with van der Waals surface area (Å²) in [6.45, 7) is 0. The Morgan fingerprint density at radius 3 is 1.67 bits per heavy atom. The van der Waals surface area contributed by atoms with E-state index in [1.54, 1.807) is 11.9 Å². The highest BCUT2D eigenvalue weighted by Crippen LogP contribution is 2.24. The lowest BCUT2D eigenvalue weighted by molar-refractivity contribution is 0.566. The van der Waals surface area contributed by atoms with E-state index in [1.165, 1.54) is 0 Å². The lowest BCUT2D eigenvalue weighted by Gasteiger charge is -1.78. The van der Waals surface area contributed by atoms with E-state index in [0.29, 0.717) is 30.4 Å². The molecule has 0 aromatic heterocycles. The van der Waals surface area contributed by atoms with E-state index in [4.69, 9.17) is 0 Å². The monoisotopic (exact) mass is 122 g/mol. The summed E-state index contributed by atoms with van der Waals surface area (Å²) >= 11 is 0. The van der Waals surface area contributed by atoms with Gasteiger partial charge in [0, 0.05) is 17.6 Å². The molecule has 0 unspecified atom stereocenters. The fourth-order valence-electron chi connectivity index (χ4n) is 0.910. The Labute approximate surface area is 52.9 Å². The van der Waals surface area contributed by atoms with Crippen molar-refractivity contribution in [2.24, 2.45) is 0 Å². The second-order valence-corrected chi connectivity index (χ2v) is 2.09. The van der Waals surface area contributed by atoms with Gasteiger partial charge in [0.15, 0.2) is 0 Å². The van der Waals surface area contributed by atoms with Crippen molar-refractivity contribution in [3.63, 3.8) is 0 Å². The third-order valence-corrected chi connectivity index (χ3v) is 1.44. The van der Waals surface area contributed by atoms with Gasteiger partial charge in [-0.05, 0) is 12.8 Å². The molecule has 0 spiro atoms. The molecular formula is C7H6O2. The fourth-order valence-corrected chi connectivity index (χ4v) is 0.910. The molecule has 0 amide bonds. The minimum absolute atomic E-state index is 0.507. The van der Waals surface area contributed by atoms with E-state index < -0.39 is 0 Å². The average molecular weight is 122 g/mol. The molecule has 0 aromatic carbocycles. The first-order chi connectivity index (χ1) is 4.36. The number of rotatable bonds is 0. The maximum atomic E-state index is 9.96. The summed E-state index contributed by atoms with van der Waals surface area (Å²) in [5, 5.41) is 0. The average Bonchev–Trinajstić information content (AvgIpc) is 2.34. The second kappa shape index (κ2) is 2.45. The van der Waals surface area contributed by atoms with Crippen LogP contribution < -0.4 is 0 Å². The minimum Gasteiger partial charge on any atom is -0.234 e. The first-order valence-corrected chi connectivity index (χ1v) is 2.82. The molecule has 0 saturated heterocycles. The molecule has 0 bridgehead atoms. The number of hydrogen-bond acceptors (Lipinski definition) is 2. The molecule has 0 aliphatic heterocycles. The molecule has 0 heterocycles. The van der Waals surface area contributed by atoms with Gasteiger partial charge in [-0.25, -0.2) is 9.59 Å². The van der Waals surface area contributed by atoms with Crippen molar-refractivity contribution < 1.29 is 9.59 Å². The zero-order chi connectivity index (χ0) is 6.69. The maximum absolute atomic E-state index is 9.96. The number of hydrogen-bond donors (Lipinski definition) is 0. The van der Waals surface area contributed by atoms with Crippen molar-refractivity contribution in [2.45, 2.75) is 19.3 Å². The molecule has 1 rings (SSSR count). The van der Waals surface area contributed by atoms with Gasteiger partial charge in [-0.2, -0.15) is 0 Å². The van der Waals surface area contributed by atoms with Crippen LogP contribution in [0.4, 0.5) is 0 Å². The van der Waals surface area contributed by atoms with Crippen molar-refractivity contribution in [2.75, 3.05) is 0 Å². The number of allylic oxidation sites excluding steroid dienone is 2. The Morgan fingerprint density at radius 1 is 1.00 bits per heavy atom. The van der Waals surface area contributed by atoms with E-state index in [-0.39, 0.29) is 0 Å². The summed E-state index contributed by atoms with van der Waals surface area (Å²) in [6.07, 6.45) is 1.91. The van der Waals surface area contributed by atoms with Crippen LogP contribution in [0.3, 0.4) is 0 Å². The molecule has 1 fully saturated rings. The Bertz CT molecular complexity index is 191. The lowest BCUT2D eigenvalue weighted by atomic mass is 10.2. The van der Waals surface area contributed by atoms with Gasteiger partial charge in [-0.1, -0.05) is 0 Å². The highest BCUT2D eigenvalue weighted by Gasteiger charge is 2.13. The zero-order valence-electron chi connectivity index (χ0n) is 4.94. The third kappa shape index (κ3) is 1.17. The lowest BCUT2D eigenvalue weighted by Crippen LogP contribution is -1.71. The van der Waals surface area contributed by atoms with E-state index in [1.807, 2.05) is 0 Å². The standard InChI is InChI=1S/C7H6O2/c8-4-6-1-2-7(3-6)5-9/h1-3H2. The van der Waals surface area contributed by atoms with Gasteiger partial charge in [0.2, 0.25) is 0 Å². The van der Waals surface area contributed by atoms with Gasteiger partial charge in [-0.3, -0.25) is 0 Å². The van der Waals surface area contributed by atoms with Crippen LogP contribution in [0.15, 0.2) is 11.1 Å². The van der Waals surface area contributed by atoms with Crippen LogP contribution in [0.2, 0.25) is 0 Å². The quantitative estimate of drug-likeness (QED) is 0.443. The topological polar surface area (TPSA) is 34.1 Å². The maximum Gasteiger partial charge on any atom is 0.123 e. The van der Waals surface area contributed by atoms with Gasteiger partial charge >= 0.3 is 0 Å². The van der Waals surface area contributed by atoms with E-state index in [2.05, 4.69) is 0 Å². The highest BCUT2D eigenvalue weighted by molar-refractivity contribution is 5.62. The van der Waals surface area contributed by atoms with Crippen LogP contribution in [-0.2, 0) is 9.59 Å². The van der Waals surface area contributed by atoms with Crippen LogP contribution in [0.1, 0.15) is 19.3 Å². The minimum atomic E-state index is 0.507. The van der Waals surface area contributed by atoms with Gasteiger partial charge < -0.3 is 0 Å². The largest absolute Gasteiger partial charge is 0.234 e. The fraction of sp³-hybridized carbons (Fsp3) is 0.429. The summed E-state index contributed by atoms with van der Waals surface area (Å²) in [5.41, 5.74) is 1.40. The molecule has 0 radical (unpaired) electrons. The molecule has 2 nitrogen and oxygen atoms in total. The molecule has 1 saturated carbocycles. The highest BCUT2D eigenvalue weighted by atomic mass is 16.1. The van der Waals surface area contributed by atoms with Crippen LogP contribution in [0, 0.1) is 0 Å². The smallest absolute Gasteiger partial charge is 0.123 e. The van der Waals surface area contributed by atoms with Crippen molar-refractivity contribution in [3.05, 3.63) is 11.1 Å². The summed E-state index contributed by atoms with van der Waals surface area (Å²) in [6, 6.07) is 0. The van der Waals surface area contributed by atoms with Gasteiger partial charge in [0.1, 0.15) is 11.9 Å². The van der Waals surface area contributed by atoms with Crippen LogP contribution >= 0.6 is 0 Å². The zero-order valence-corrected chi connectivity index (χ0v) is 4.94. The van der Waals surface area contributed by atoms with Gasteiger partial charge in [0.05, 0.1) is 0 Å². The molecule has 2 heteroatoms. The van der Waals surface area contributed by atoms with Crippen LogP contribution in [-0.4, -0.2) is 11.9 Å². The van der Waals surface area contributed by atoms with E-state index >= 15 is 0 Å². The summed E-state index contributed by atoms with van der Waals surface area (Å²) in [4.78, 5) is 19.9. The normalized spacial score (nSPS) is 17.3. The predicted octanol–water partition coefficient (Wildman–Crippen LogP) is 0.686. The third-order valence-electron chi connectivity index (χ3n) is 1.44. The van der Waals surface area contributed by atoms with Crippen molar-refractivity contribution in [1.29, 1.82) is 0 Å². The van der Waals surface area contributed by atoms with Crippen LogP contribution in [0.25, 0.3) is 0 Å². The summed E-state index contributed by atoms with van der Waals surface area (Å²) in [7, 11) is 0. The van der Waals surface area contributed by atoms with Crippen LogP contribution in [0.5, 0.6) is 0 Å². The predicted molar refractivity (Wildman–Crippen MR) is 32.3 cm³/mol. The molecule has 0 aromatic rings. The Balaban J connectivity index is 2.80. The first kappa shape index (κ1) is 6.03. The molecule has 1 aliphatic carbocycles. The van der Waals surface area contributed by atoms with Gasteiger partial charge in [0.25, 0.3) is 0 Å². The SMILES string of the molecule is O=C=C1CCC(=C=O)C1. The summed E-state index contributed by atoms with van der Waals surface area (Å²) < 4.78 is 0.